The largest absolute Gasteiger partial charge is 0.390 e. The number of rotatable bonds is 3. The first-order valence-corrected chi connectivity index (χ1v) is 8.41. The Morgan fingerprint density at radius 1 is 1.41 bits per heavy atom. The summed E-state index contributed by atoms with van der Waals surface area (Å²) in [6.07, 6.45) is 7.86. The molecule has 5 nitrogen and oxygen atoms in total. The van der Waals surface area contributed by atoms with E-state index in [2.05, 4.69) is 34.0 Å². The van der Waals surface area contributed by atoms with Crippen LogP contribution < -0.4 is 0 Å². The molecule has 22 heavy (non-hydrogen) atoms. The average molecular weight is 300 g/mol. The summed E-state index contributed by atoms with van der Waals surface area (Å²) in [4.78, 5) is 6.76. The van der Waals surface area contributed by atoms with Crippen molar-refractivity contribution in [1.82, 2.24) is 19.5 Å². The van der Waals surface area contributed by atoms with Gasteiger partial charge in [-0.1, -0.05) is 13.3 Å². The smallest absolute Gasteiger partial charge is 0.155 e. The SMILES string of the molecule is CC[C@]1(O)CCC[C@H]2CN(Cc3ccn4ncnc4c3)C[C@H]21. The maximum absolute atomic E-state index is 10.9. The van der Waals surface area contributed by atoms with E-state index in [1.807, 2.05) is 6.20 Å². The van der Waals surface area contributed by atoms with Crippen molar-refractivity contribution in [3.63, 3.8) is 0 Å². The van der Waals surface area contributed by atoms with E-state index in [1.165, 1.54) is 18.4 Å². The fourth-order valence-electron chi connectivity index (χ4n) is 4.50. The van der Waals surface area contributed by atoms with Gasteiger partial charge in [-0.15, -0.1) is 0 Å². The second-order valence-electron chi connectivity index (χ2n) is 7.01. The van der Waals surface area contributed by atoms with Gasteiger partial charge in [-0.05, 0) is 42.9 Å². The van der Waals surface area contributed by atoms with Crippen LogP contribution >= 0.6 is 0 Å². The van der Waals surface area contributed by atoms with Gasteiger partial charge in [0.25, 0.3) is 0 Å². The quantitative estimate of drug-likeness (QED) is 0.943. The minimum atomic E-state index is -0.436. The molecule has 3 atom stereocenters. The van der Waals surface area contributed by atoms with Crippen molar-refractivity contribution in [1.29, 1.82) is 0 Å². The van der Waals surface area contributed by atoms with E-state index in [0.717, 1.165) is 38.1 Å². The lowest BCUT2D eigenvalue weighted by Gasteiger charge is -2.40. The normalized spacial score (nSPS) is 32.5. The fourth-order valence-corrected chi connectivity index (χ4v) is 4.50. The van der Waals surface area contributed by atoms with E-state index in [-0.39, 0.29) is 0 Å². The minimum Gasteiger partial charge on any atom is -0.390 e. The number of aromatic nitrogens is 3. The van der Waals surface area contributed by atoms with Crippen LogP contribution in [-0.4, -0.2) is 43.3 Å². The van der Waals surface area contributed by atoms with Gasteiger partial charge in [-0.3, -0.25) is 4.90 Å². The van der Waals surface area contributed by atoms with E-state index >= 15 is 0 Å². The van der Waals surface area contributed by atoms with Gasteiger partial charge >= 0.3 is 0 Å². The molecule has 5 heteroatoms. The van der Waals surface area contributed by atoms with Crippen molar-refractivity contribution in [2.75, 3.05) is 13.1 Å². The summed E-state index contributed by atoms with van der Waals surface area (Å²) in [6, 6.07) is 4.23. The number of aliphatic hydroxyl groups is 1. The van der Waals surface area contributed by atoms with Crippen LogP contribution in [0.15, 0.2) is 24.7 Å². The molecule has 2 aliphatic rings. The van der Waals surface area contributed by atoms with Crippen molar-refractivity contribution in [3.8, 4) is 0 Å². The van der Waals surface area contributed by atoms with E-state index in [4.69, 9.17) is 0 Å². The van der Waals surface area contributed by atoms with Crippen molar-refractivity contribution in [2.45, 2.75) is 44.8 Å². The maximum atomic E-state index is 10.9. The highest BCUT2D eigenvalue weighted by Gasteiger charge is 2.47. The maximum Gasteiger partial charge on any atom is 0.155 e. The van der Waals surface area contributed by atoms with Gasteiger partial charge in [0.2, 0.25) is 0 Å². The molecule has 2 aromatic rings. The molecule has 0 bridgehead atoms. The Labute approximate surface area is 131 Å². The molecule has 4 rings (SSSR count). The Morgan fingerprint density at radius 3 is 3.18 bits per heavy atom. The van der Waals surface area contributed by atoms with Crippen molar-refractivity contribution in [3.05, 3.63) is 30.2 Å². The van der Waals surface area contributed by atoms with Gasteiger partial charge in [0.1, 0.15) is 6.33 Å². The van der Waals surface area contributed by atoms with Crippen LogP contribution in [0.4, 0.5) is 0 Å². The lowest BCUT2D eigenvalue weighted by atomic mass is 9.69. The highest BCUT2D eigenvalue weighted by molar-refractivity contribution is 5.39. The molecule has 1 aliphatic carbocycles. The predicted octanol–water partition coefficient (Wildman–Crippen LogP) is 2.10. The highest BCUT2D eigenvalue weighted by atomic mass is 16.3. The topological polar surface area (TPSA) is 53.7 Å². The number of nitrogens with zero attached hydrogens (tertiary/aromatic N) is 4. The summed E-state index contributed by atoms with van der Waals surface area (Å²) in [6.45, 7) is 5.21. The second kappa shape index (κ2) is 5.32. The van der Waals surface area contributed by atoms with Crippen molar-refractivity contribution < 1.29 is 5.11 Å². The summed E-state index contributed by atoms with van der Waals surface area (Å²) >= 11 is 0. The highest BCUT2D eigenvalue weighted by Crippen LogP contribution is 2.44. The third-order valence-electron chi connectivity index (χ3n) is 5.75. The van der Waals surface area contributed by atoms with Crippen LogP contribution in [0.3, 0.4) is 0 Å². The fraction of sp³-hybridized carbons (Fsp3) is 0.647. The number of fused-ring (bicyclic) bond motifs is 2. The zero-order valence-corrected chi connectivity index (χ0v) is 13.1. The summed E-state index contributed by atoms with van der Waals surface area (Å²) in [5.74, 6) is 1.11. The molecule has 1 aliphatic heterocycles. The molecule has 0 amide bonds. The molecule has 0 spiro atoms. The zero-order chi connectivity index (χ0) is 15.2. The van der Waals surface area contributed by atoms with Crippen LogP contribution in [0.1, 0.15) is 38.2 Å². The first-order valence-electron chi connectivity index (χ1n) is 8.41. The molecule has 1 saturated carbocycles. The van der Waals surface area contributed by atoms with Gasteiger partial charge in [0.15, 0.2) is 5.65 Å². The predicted molar refractivity (Wildman–Crippen MR) is 84.3 cm³/mol. The summed E-state index contributed by atoms with van der Waals surface area (Å²) < 4.78 is 1.79. The standard InChI is InChI=1S/C17H24N4O/c1-2-17(22)6-3-4-14-10-20(11-15(14)17)9-13-5-7-21-16(8-13)18-12-19-21/h5,7-8,12,14-15,22H,2-4,6,9-11H2,1H3/t14-,15+,17-/m0/s1. The lowest BCUT2D eigenvalue weighted by molar-refractivity contribution is -0.0613. The Kier molecular flexibility index (Phi) is 3.42. The Morgan fingerprint density at radius 2 is 2.32 bits per heavy atom. The Bertz CT molecular complexity index is 669. The van der Waals surface area contributed by atoms with Crippen LogP contribution in [0.2, 0.25) is 0 Å². The molecule has 3 heterocycles. The molecular formula is C17H24N4O. The van der Waals surface area contributed by atoms with E-state index in [1.54, 1.807) is 10.8 Å². The molecule has 1 N–H and O–H groups in total. The molecule has 0 unspecified atom stereocenters. The van der Waals surface area contributed by atoms with Crippen molar-refractivity contribution >= 4 is 5.65 Å². The molecular weight excluding hydrogens is 276 g/mol. The third-order valence-corrected chi connectivity index (χ3v) is 5.75. The van der Waals surface area contributed by atoms with Gasteiger partial charge in [-0.2, -0.15) is 5.10 Å². The van der Waals surface area contributed by atoms with Gasteiger partial charge < -0.3 is 5.11 Å². The van der Waals surface area contributed by atoms with Crippen LogP contribution in [0.25, 0.3) is 5.65 Å². The summed E-state index contributed by atoms with van der Waals surface area (Å²) in [7, 11) is 0. The molecule has 2 fully saturated rings. The zero-order valence-electron chi connectivity index (χ0n) is 13.1. The lowest BCUT2D eigenvalue weighted by Crippen LogP contribution is -2.44. The van der Waals surface area contributed by atoms with Gasteiger partial charge in [-0.25, -0.2) is 9.50 Å². The van der Waals surface area contributed by atoms with Crippen LogP contribution in [-0.2, 0) is 6.54 Å². The second-order valence-corrected chi connectivity index (χ2v) is 7.01. The number of hydrogen-bond acceptors (Lipinski definition) is 4. The molecule has 118 valence electrons. The van der Waals surface area contributed by atoms with Crippen LogP contribution in [0, 0.1) is 11.8 Å². The van der Waals surface area contributed by atoms with Gasteiger partial charge in [0.05, 0.1) is 5.60 Å². The number of likely N-dealkylation sites (tertiary alicyclic amines) is 1. The van der Waals surface area contributed by atoms with Crippen LogP contribution in [0.5, 0.6) is 0 Å². The summed E-state index contributed by atoms with van der Waals surface area (Å²) in [5, 5.41) is 15.0. The monoisotopic (exact) mass is 300 g/mol. The van der Waals surface area contributed by atoms with Crippen molar-refractivity contribution in [2.24, 2.45) is 11.8 Å². The minimum absolute atomic E-state index is 0.436. The molecule has 2 aromatic heterocycles. The molecule has 0 radical (unpaired) electrons. The Hall–Kier alpha value is -1.46. The molecule has 1 saturated heterocycles. The first-order chi connectivity index (χ1) is 10.7. The first kappa shape index (κ1) is 14.2. The van der Waals surface area contributed by atoms with E-state index in [0.29, 0.717) is 11.8 Å². The third kappa shape index (κ3) is 2.32. The number of pyridine rings is 1. The van der Waals surface area contributed by atoms with E-state index in [9.17, 15) is 5.11 Å². The average Bonchev–Trinajstić information content (AvgIpc) is 3.14. The molecule has 0 aromatic carbocycles. The number of hydrogen-bond donors (Lipinski definition) is 1. The van der Waals surface area contributed by atoms with Gasteiger partial charge in [0, 0.05) is 31.7 Å². The Balaban J connectivity index is 1.50. The summed E-state index contributed by atoms with van der Waals surface area (Å²) in [5.41, 5.74) is 1.74. The van der Waals surface area contributed by atoms with E-state index < -0.39 is 5.60 Å².